The second kappa shape index (κ2) is 9.56. The average Bonchev–Trinajstić information content (AvgIpc) is 3.47. The molecule has 0 aliphatic heterocycles. The van der Waals surface area contributed by atoms with E-state index in [2.05, 4.69) is 6.92 Å². The molecule has 0 aliphatic rings. The first-order valence-electron chi connectivity index (χ1n) is 10.8. The Morgan fingerprint density at radius 1 is 1.06 bits per heavy atom. The number of rotatable bonds is 8. The van der Waals surface area contributed by atoms with Crippen LogP contribution in [0.5, 0.6) is 11.6 Å². The first kappa shape index (κ1) is 21.4. The van der Waals surface area contributed by atoms with Crippen molar-refractivity contribution in [2.75, 3.05) is 0 Å². The van der Waals surface area contributed by atoms with Gasteiger partial charge in [0.25, 0.3) is 5.91 Å². The van der Waals surface area contributed by atoms with Gasteiger partial charge in [-0.3, -0.25) is 4.79 Å². The number of aromatic nitrogens is 2. The van der Waals surface area contributed by atoms with Gasteiger partial charge in [-0.15, -0.1) is 0 Å². The maximum absolute atomic E-state index is 13.2. The van der Waals surface area contributed by atoms with Crippen LogP contribution in [0.4, 0.5) is 0 Å². The molecule has 4 aromatic rings. The van der Waals surface area contributed by atoms with Crippen LogP contribution in [0, 0.1) is 6.92 Å². The predicted molar refractivity (Wildman–Crippen MR) is 123 cm³/mol. The van der Waals surface area contributed by atoms with Crippen LogP contribution in [-0.4, -0.2) is 26.6 Å². The predicted octanol–water partition coefficient (Wildman–Crippen LogP) is 6.01. The lowest BCUT2D eigenvalue weighted by atomic mass is 10.1. The van der Waals surface area contributed by atoms with E-state index >= 15 is 0 Å². The molecule has 2 aromatic heterocycles. The quantitative estimate of drug-likeness (QED) is 0.344. The van der Waals surface area contributed by atoms with Gasteiger partial charge in [0.1, 0.15) is 5.75 Å². The number of carbonyl (C=O) groups is 1. The molecule has 0 fully saturated rings. The van der Waals surface area contributed by atoms with Crippen LogP contribution in [-0.2, 0) is 6.54 Å². The Bertz CT molecular complexity index is 1150. The summed E-state index contributed by atoms with van der Waals surface area (Å²) in [6, 6.07) is 22.9. The van der Waals surface area contributed by atoms with Gasteiger partial charge >= 0.3 is 0 Å². The van der Waals surface area contributed by atoms with Gasteiger partial charge in [-0.05, 0) is 56.7 Å². The van der Waals surface area contributed by atoms with E-state index in [-0.39, 0.29) is 11.9 Å². The number of hydrogen-bond donors (Lipinski definition) is 0. The number of carbonyl (C=O) groups excluding carboxylic acids is 1. The van der Waals surface area contributed by atoms with E-state index in [0.29, 0.717) is 23.9 Å². The molecule has 0 spiro atoms. The van der Waals surface area contributed by atoms with Crippen molar-refractivity contribution in [1.29, 1.82) is 0 Å². The molecule has 0 bridgehead atoms. The van der Waals surface area contributed by atoms with Gasteiger partial charge < -0.3 is 14.1 Å². The molecule has 6 heteroatoms. The zero-order valence-corrected chi connectivity index (χ0v) is 18.6. The Kier molecular flexibility index (Phi) is 6.40. The molecule has 1 amide bonds. The lowest BCUT2D eigenvalue weighted by molar-refractivity contribution is 0.0637. The zero-order valence-electron chi connectivity index (χ0n) is 18.6. The highest BCUT2D eigenvalue weighted by Gasteiger charge is 2.27. The highest BCUT2D eigenvalue weighted by atomic mass is 16.5. The van der Waals surface area contributed by atoms with Gasteiger partial charge in [0.05, 0.1) is 29.8 Å². The molecule has 0 saturated carbocycles. The molecule has 0 radical (unpaired) electrons. The zero-order chi connectivity index (χ0) is 22.5. The van der Waals surface area contributed by atoms with E-state index in [0.717, 1.165) is 23.4 Å². The summed E-state index contributed by atoms with van der Waals surface area (Å²) in [5.74, 6) is 1.48. The molecule has 4 rings (SSSR count). The number of ether oxygens (including phenoxy) is 1. The normalized spacial score (nSPS) is 11.8. The Balaban J connectivity index is 1.78. The monoisotopic (exact) mass is 429 g/mol. The fourth-order valence-electron chi connectivity index (χ4n) is 3.53. The fraction of sp³-hybridized carbons (Fsp3) is 0.231. The van der Waals surface area contributed by atoms with E-state index in [1.165, 1.54) is 6.26 Å². The first-order chi connectivity index (χ1) is 15.6. The van der Waals surface area contributed by atoms with E-state index in [9.17, 15) is 4.79 Å². The summed E-state index contributed by atoms with van der Waals surface area (Å²) in [6.07, 6.45) is 2.33. The number of amides is 1. The van der Waals surface area contributed by atoms with Gasteiger partial charge in [0.2, 0.25) is 5.88 Å². The number of hydrogen-bond acceptors (Lipinski definition) is 4. The Labute approximate surface area is 188 Å². The molecule has 164 valence electrons. The molecule has 0 saturated heterocycles. The molecule has 6 nitrogen and oxygen atoms in total. The summed E-state index contributed by atoms with van der Waals surface area (Å²) in [6.45, 7) is 6.40. The van der Waals surface area contributed by atoms with Gasteiger partial charge in [-0.1, -0.05) is 43.3 Å². The van der Waals surface area contributed by atoms with Crippen molar-refractivity contribution < 1.29 is 13.9 Å². The minimum Gasteiger partial charge on any atom is -0.459 e. The smallest absolute Gasteiger partial charge is 0.290 e. The van der Waals surface area contributed by atoms with Crippen LogP contribution in [0.1, 0.15) is 42.1 Å². The van der Waals surface area contributed by atoms with Crippen molar-refractivity contribution in [3.63, 3.8) is 0 Å². The number of benzene rings is 2. The highest BCUT2D eigenvalue weighted by Crippen LogP contribution is 2.32. The summed E-state index contributed by atoms with van der Waals surface area (Å²) in [5.41, 5.74) is 2.55. The van der Waals surface area contributed by atoms with Gasteiger partial charge in [0, 0.05) is 6.04 Å². The minimum atomic E-state index is -0.151. The second-order valence-electron chi connectivity index (χ2n) is 7.70. The summed E-state index contributed by atoms with van der Waals surface area (Å²) in [7, 11) is 0. The van der Waals surface area contributed by atoms with Crippen LogP contribution in [0.2, 0.25) is 0 Å². The molecule has 0 N–H and O–H groups in total. The van der Waals surface area contributed by atoms with Gasteiger partial charge in [-0.2, -0.15) is 5.10 Å². The van der Waals surface area contributed by atoms with Crippen LogP contribution in [0.15, 0.2) is 83.5 Å². The third-order valence-electron chi connectivity index (χ3n) is 5.54. The Morgan fingerprint density at radius 3 is 2.38 bits per heavy atom. The molecule has 1 atom stereocenters. The van der Waals surface area contributed by atoms with E-state index in [4.69, 9.17) is 14.3 Å². The van der Waals surface area contributed by atoms with Crippen molar-refractivity contribution in [2.45, 2.75) is 39.8 Å². The molecular weight excluding hydrogens is 402 g/mol. The number of aryl methyl sites for hydroxylation is 1. The topological polar surface area (TPSA) is 60.5 Å². The van der Waals surface area contributed by atoms with Crippen LogP contribution >= 0.6 is 0 Å². The molecule has 32 heavy (non-hydrogen) atoms. The summed E-state index contributed by atoms with van der Waals surface area (Å²) >= 11 is 0. The SMILES string of the molecule is CC[C@@H](C)N(Cc1c(C)nn(-c2ccccc2)c1Oc1ccccc1)C(=O)c1ccco1. The van der Waals surface area contributed by atoms with Gasteiger partial charge in [0.15, 0.2) is 5.76 Å². The van der Waals surface area contributed by atoms with E-state index < -0.39 is 0 Å². The van der Waals surface area contributed by atoms with Crippen molar-refractivity contribution in [2.24, 2.45) is 0 Å². The second-order valence-corrected chi connectivity index (χ2v) is 7.70. The number of furan rings is 1. The Hall–Kier alpha value is -3.80. The largest absolute Gasteiger partial charge is 0.459 e. The van der Waals surface area contributed by atoms with Crippen LogP contribution < -0.4 is 4.74 Å². The third-order valence-corrected chi connectivity index (χ3v) is 5.54. The average molecular weight is 430 g/mol. The van der Waals surface area contributed by atoms with Crippen molar-refractivity contribution >= 4 is 5.91 Å². The van der Waals surface area contributed by atoms with E-state index in [1.54, 1.807) is 16.8 Å². The summed E-state index contributed by atoms with van der Waals surface area (Å²) in [4.78, 5) is 15.0. The van der Waals surface area contributed by atoms with Crippen LogP contribution in [0.3, 0.4) is 0 Å². The third kappa shape index (κ3) is 4.44. The van der Waals surface area contributed by atoms with E-state index in [1.807, 2.05) is 79.4 Å². The van der Waals surface area contributed by atoms with Crippen LogP contribution in [0.25, 0.3) is 5.69 Å². The van der Waals surface area contributed by atoms with Crippen molar-refractivity contribution in [1.82, 2.24) is 14.7 Å². The van der Waals surface area contributed by atoms with Gasteiger partial charge in [-0.25, -0.2) is 4.68 Å². The molecule has 2 heterocycles. The maximum Gasteiger partial charge on any atom is 0.290 e. The number of para-hydroxylation sites is 2. The summed E-state index contributed by atoms with van der Waals surface area (Å²) < 4.78 is 13.5. The number of nitrogens with zero attached hydrogens (tertiary/aromatic N) is 3. The Morgan fingerprint density at radius 2 is 1.75 bits per heavy atom. The lowest BCUT2D eigenvalue weighted by Crippen LogP contribution is -2.37. The molecule has 2 aromatic carbocycles. The highest BCUT2D eigenvalue weighted by molar-refractivity contribution is 5.91. The molecular formula is C26H27N3O3. The minimum absolute atomic E-state index is 0.0108. The summed E-state index contributed by atoms with van der Waals surface area (Å²) in [5, 5.41) is 4.77. The molecule has 0 unspecified atom stereocenters. The lowest BCUT2D eigenvalue weighted by Gasteiger charge is -2.28. The fourth-order valence-corrected chi connectivity index (χ4v) is 3.53. The molecule has 0 aliphatic carbocycles. The van der Waals surface area contributed by atoms with Crippen molar-refractivity contribution in [3.05, 3.63) is 96.1 Å². The standard InChI is InChI=1S/C26H27N3O3/c1-4-19(2)28(25(30)24-16-11-17-31-24)18-23-20(3)27-29(21-12-7-5-8-13-21)26(23)32-22-14-9-6-10-15-22/h5-17,19H,4,18H2,1-3H3/t19-/m1/s1. The van der Waals surface area contributed by atoms with Crippen molar-refractivity contribution in [3.8, 4) is 17.3 Å². The first-order valence-corrected chi connectivity index (χ1v) is 10.8. The maximum atomic E-state index is 13.2.